The molecule has 0 bridgehead atoms. The summed E-state index contributed by atoms with van der Waals surface area (Å²) in [5.74, 6) is -0.805. The highest BCUT2D eigenvalue weighted by molar-refractivity contribution is 5.97. The predicted octanol–water partition coefficient (Wildman–Crippen LogP) is 4.06. The van der Waals surface area contributed by atoms with E-state index >= 15 is 0 Å². The zero-order valence-corrected chi connectivity index (χ0v) is 18.8. The molecule has 1 atom stereocenters. The lowest BCUT2D eigenvalue weighted by molar-refractivity contribution is -0.140. The van der Waals surface area contributed by atoms with E-state index in [-0.39, 0.29) is 11.5 Å². The zero-order valence-electron chi connectivity index (χ0n) is 18.8. The van der Waals surface area contributed by atoms with E-state index in [1.165, 1.54) is 5.56 Å². The van der Waals surface area contributed by atoms with Gasteiger partial charge < -0.3 is 9.64 Å². The van der Waals surface area contributed by atoms with Crippen LogP contribution in [0.4, 0.5) is 0 Å². The lowest BCUT2D eigenvalue weighted by Gasteiger charge is -2.30. The molecule has 0 spiro atoms. The van der Waals surface area contributed by atoms with Gasteiger partial charge in [-0.05, 0) is 48.7 Å². The number of carbonyl (C=O) groups excluding carboxylic acids is 2. The number of benzene rings is 2. The molecule has 1 unspecified atom stereocenters. The fourth-order valence-electron chi connectivity index (χ4n) is 4.17. The number of carbonyl (C=O) groups is 2. The molecule has 1 aliphatic rings. The smallest absolute Gasteiger partial charge is 0.342 e. The Hall–Kier alpha value is -4.26. The number of amides is 1. The Morgan fingerprint density at radius 2 is 1.74 bits per heavy atom. The summed E-state index contributed by atoms with van der Waals surface area (Å²) in [5.41, 5.74) is 4.61. The van der Waals surface area contributed by atoms with Gasteiger partial charge in [0.2, 0.25) is 0 Å². The van der Waals surface area contributed by atoms with Gasteiger partial charge in [0, 0.05) is 37.2 Å². The van der Waals surface area contributed by atoms with Crippen molar-refractivity contribution in [3.05, 3.63) is 102 Å². The third-order valence-corrected chi connectivity index (χ3v) is 5.96. The van der Waals surface area contributed by atoms with E-state index in [0.717, 1.165) is 17.7 Å². The molecule has 4 aromatic rings. The minimum absolute atomic E-state index is 0.207. The molecule has 1 aliphatic heterocycles. The van der Waals surface area contributed by atoms with Gasteiger partial charge in [-0.3, -0.25) is 9.78 Å². The van der Waals surface area contributed by atoms with Crippen molar-refractivity contribution in [2.24, 2.45) is 0 Å². The largest absolute Gasteiger partial charge is 0.449 e. The molecule has 7 heteroatoms. The highest BCUT2D eigenvalue weighted by Gasteiger charge is 2.29. The van der Waals surface area contributed by atoms with Crippen molar-refractivity contribution >= 4 is 11.9 Å². The summed E-state index contributed by atoms with van der Waals surface area (Å²) in [4.78, 5) is 32.2. The van der Waals surface area contributed by atoms with Gasteiger partial charge in [-0.2, -0.15) is 5.10 Å². The SMILES string of the molecule is CC(OC(=O)c1cn(-c2ccccc2)nc1-c1cccnc1)C(=O)N1CCc2ccccc2C1. The highest BCUT2D eigenvalue weighted by Crippen LogP contribution is 2.25. The van der Waals surface area contributed by atoms with Gasteiger partial charge in [0.05, 0.1) is 5.69 Å². The van der Waals surface area contributed by atoms with Crippen LogP contribution < -0.4 is 0 Å². The Labute approximate surface area is 197 Å². The normalized spacial score (nSPS) is 13.7. The fraction of sp³-hybridized carbons (Fsp3) is 0.185. The first-order valence-corrected chi connectivity index (χ1v) is 11.2. The number of para-hydroxylation sites is 1. The van der Waals surface area contributed by atoms with Crippen LogP contribution in [0, 0.1) is 0 Å². The standard InChI is InChI=1S/C27H24N4O3/c1-19(26(32)30-15-13-20-8-5-6-9-22(20)17-30)34-27(33)24-18-31(23-11-3-2-4-12-23)29-25(24)21-10-7-14-28-16-21/h2-12,14,16,18-19H,13,15,17H2,1H3. The molecule has 7 nitrogen and oxygen atoms in total. The minimum Gasteiger partial charge on any atom is -0.449 e. The number of esters is 1. The first kappa shape index (κ1) is 21.6. The molecule has 34 heavy (non-hydrogen) atoms. The van der Waals surface area contributed by atoms with Crippen molar-refractivity contribution in [2.75, 3.05) is 6.54 Å². The second-order valence-electron chi connectivity index (χ2n) is 8.24. The van der Waals surface area contributed by atoms with Crippen molar-refractivity contribution in [1.29, 1.82) is 0 Å². The Morgan fingerprint density at radius 3 is 2.50 bits per heavy atom. The molecule has 0 saturated carbocycles. The molecule has 3 heterocycles. The van der Waals surface area contributed by atoms with Gasteiger partial charge in [0.1, 0.15) is 11.3 Å². The third kappa shape index (κ3) is 4.32. The number of hydrogen-bond acceptors (Lipinski definition) is 5. The van der Waals surface area contributed by atoms with Gasteiger partial charge in [-0.25, -0.2) is 9.48 Å². The molecular formula is C27H24N4O3. The number of nitrogens with zero attached hydrogens (tertiary/aromatic N) is 4. The summed E-state index contributed by atoms with van der Waals surface area (Å²) in [7, 11) is 0. The average Bonchev–Trinajstić information content (AvgIpc) is 3.35. The van der Waals surface area contributed by atoms with E-state index in [2.05, 4.69) is 16.1 Å². The first-order valence-electron chi connectivity index (χ1n) is 11.2. The van der Waals surface area contributed by atoms with Crippen molar-refractivity contribution in [3.8, 4) is 16.9 Å². The van der Waals surface area contributed by atoms with Crippen LogP contribution in [0.5, 0.6) is 0 Å². The molecule has 170 valence electrons. The second kappa shape index (κ2) is 9.31. The van der Waals surface area contributed by atoms with Gasteiger partial charge in [-0.1, -0.05) is 42.5 Å². The fourth-order valence-corrected chi connectivity index (χ4v) is 4.17. The molecule has 0 N–H and O–H groups in total. The predicted molar refractivity (Wildman–Crippen MR) is 127 cm³/mol. The van der Waals surface area contributed by atoms with Crippen LogP contribution in [0.25, 0.3) is 16.9 Å². The molecular weight excluding hydrogens is 428 g/mol. The molecule has 0 saturated heterocycles. The molecule has 0 radical (unpaired) electrons. The summed E-state index contributed by atoms with van der Waals surface area (Å²) >= 11 is 0. The van der Waals surface area contributed by atoms with Crippen molar-refractivity contribution in [1.82, 2.24) is 19.7 Å². The van der Waals surface area contributed by atoms with Crippen LogP contribution in [0.2, 0.25) is 0 Å². The Morgan fingerprint density at radius 1 is 0.971 bits per heavy atom. The quantitative estimate of drug-likeness (QED) is 0.427. The third-order valence-electron chi connectivity index (χ3n) is 5.96. The van der Waals surface area contributed by atoms with E-state index in [1.54, 1.807) is 41.2 Å². The van der Waals surface area contributed by atoms with E-state index in [1.807, 2.05) is 54.6 Å². The topological polar surface area (TPSA) is 77.3 Å². The van der Waals surface area contributed by atoms with Crippen LogP contribution in [0.3, 0.4) is 0 Å². The second-order valence-corrected chi connectivity index (χ2v) is 8.24. The number of rotatable bonds is 5. The van der Waals surface area contributed by atoms with Crippen molar-refractivity contribution in [2.45, 2.75) is 26.0 Å². The summed E-state index contributed by atoms with van der Waals surface area (Å²) in [5, 5.41) is 4.62. The van der Waals surface area contributed by atoms with Crippen LogP contribution in [-0.2, 0) is 22.5 Å². The molecule has 0 aliphatic carbocycles. The number of ether oxygens (including phenoxy) is 1. The van der Waals surface area contributed by atoms with E-state index in [4.69, 9.17) is 4.74 Å². The molecule has 5 rings (SSSR count). The van der Waals surface area contributed by atoms with E-state index in [0.29, 0.717) is 24.3 Å². The van der Waals surface area contributed by atoms with Crippen molar-refractivity contribution in [3.63, 3.8) is 0 Å². The van der Waals surface area contributed by atoms with Crippen LogP contribution in [0.15, 0.2) is 85.3 Å². The highest BCUT2D eigenvalue weighted by atomic mass is 16.5. The zero-order chi connectivity index (χ0) is 23.5. The molecule has 1 amide bonds. The lowest BCUT2D eigenvalue weighted by atomic mass is 9.99. The van der Waals surface area contributed by atoms with Crippen LogP contribution >= 0.6 is 0 Å². The minimum atomic E-state index is -0.917. The monoisotopic (exact) mass is 452 g/mol. The van der Waals surface area contributed by atoms with Gasteiger partial charge in [0.25, 0.3) is 5.91 Å². The van der Waals surface area contributed by atoms with Gasteiger partial charge >= 0.3 is 5.97 Å². The van der Waals surface area contributed by atoms with Gasteiger partial charge in [0.15, 0.2) is 6.10 Å². The Bertz CT molecular complexity index is 1320. The average molecular weight is 453 g/mol. The Balaban J connectivity index is 1.37. The maximum absolute atomic E-state index is 13.2. The summed E-state index contributed by atoms with van der Waals surface area (Å²) in [6.07, 6.45) is 4.81. The first-order chi connectivity index (χ1) is 16.6. The number of hydrogen-bond donors (Lipinski definition) is 0. The molecule has 0 fully saturated rings. The number of aromatic nitrogens is 3. The number of fused-ring (bicyclic) bond motifs is 1. The lowest BCUT2D eigenvalue weighted by Crippen LogP contribution is -2.42. The maximum Gasteiger partial charge on any atom is 0.342 e. The molecule has 2 aromatic heterocycles. The van der Waals surface area contributed by atoms with E-state index in [9.17, 15) is 9.59 Å². The van der Waals surface area contributed by atoms with Crippen LogP contribution in [-0.4, -0.2) is 44.2 Å². The van der Waals surface area contributed by atoms with Gasteiger partial charge in [-0.15, -0.1) is 0 Å². The summed E-state index contributed by atoms with van der Waals surface area (Å²) in [6.45, 7) is 2.74. The van der Waals surface area contributed by atoms with Crippen molar-refractivity contribution < 1.29 is 14.3 Å². The molecule has 2 aromatic carbocycles. The number of pyridine rings is 1. The Kier molecular flexibility index (Phi) is 5.91. The van der Waals surface area contributed by atoms with Crippen LogP contribution in [0.1, 0.15) is 28.4 Å². The maximum atomic E-state index is 13.2. The summed E-state index contributed by atoms with van der Waals surface area (Å²) < 4.78 is 7.28. The summed E-state index contributed by atoms with van der Waals surface area (Å²) in [6, 6.07) is 21.2. The van der Waals surface area contributed by atoms with E-state index < -0.39 is 12.1 Å².